The normalized spacial score (nSPS) is 13.6. The van der Waals surface area contributed by atoms with Crippen molar-refractivity contribution in [1.82, 2.24) is 0 Å². The number of ether oxygens (including phenoxy) is 2. The zero-order valence-electron chi connectivity index (χ0n) is 17.5. The summed E-state index contributed by atoms with van der Waals surface area (Å²) in [6.45, 7) is 1.99. The summed E-state index contributed by atoms with van der Waals surface area (Å²) in [5.74, 6) is 0.502. The molecule has 0 spiro atoms. The summed E-state index contributed by atoms with van der Waals surface area (Å²) in [5.41, 5.74) is 3.47. The third kappa shape index (κ3) is 3.88. The predicted octanol–water partition coefficient (Wildman–Crippen LogP) is 4.41. The van der Waals surface area contributed by atoms with E-state index in [9.17, 15) is 9.59 Å². The number of anilines is 2. The van der Waals surface area contributed by atoms with Crippen LogP contribution in [0.1, 0.15) is 11.1 Å². The number of hydrogen-bond acceptors (Lipinski definition) is 5. The van der Waals surface area contributed by atoms with Crippen LogP contribution >= 0.6 is 0 Å². The van der Waals surface area contributed by atoms with Gasteiger partial charge < -0.3 is 14.8 Å². The zero-order chi connectivity index (χ0) is 22.0. The minimum absolute atomic E-state index is 0.231. The lowest BCUT2D eigenvalue weighted by Gasteiger charge is -2.16. The first-order chi connectivity index (χ1) is 15.0. The summed E-state index contributed by atoms with van der Waals surface area (Å²) >= 11 is 0. The van der Waals surface area contributed by atoms with Crippen LogP contribution in [0.2, 0.25) is 0 Å². The van der Waals surface area contributed by atoms with Crippen molar-refractivity contribution in [3.8, 4) is 11.5 Å². The number of carbonyl (C=O) groups excluding carboxylic acids is 2. The average molecular weight is 414 g/mol. The monoisotopic (exact) mass is 414 g/mol. The molecule has 0 unspecified atom stereocenters. The van der Waals surface area contributed by atoms with Gasteiger partial charge in [-0.05, 0) is 61.0 Å². The van der Waals surface area contributed by atoms with E-state index < -0.39 is 11.8 Å². The van der Waals surface area contributed by atoms with Crippen LogP contribution in [0.4, 0.5) is 11.4 Å². The summed E-state index contributed by atoms with van der Waals surface area (Å²) < 4.78 is 10.4. The molecule has 0 saturated carbocycles. The van der Waals surface area contributed by atoms with Gasteiger partial charge in [-0.3, -0.25) is 9.59 Å². The summed E-state index contributed by atoms with van der Waals surface area (Å²) in [6.07, 6.45) is 0. The quantitative estimate of drug-likeness (QED) is 0.605. The van der Waals surface area contributed by atoms with E-state index in [4.69, 9.17) is 9.47 Å². The Morgan fingerprint density at radius 1 is 0.710 bits per heavy atom. The largest absolute Gasteiger partial charge is 0.497 e. The number of benzene rings is 3. The molecule has 0 fully saturated rings. The molecule has 1 N–H and O–H groups in total. The Morgan fingerprint density at radius 3 is 1.81 bits per heavy atom. The fraction of sp³-hybridized carbons (Fsp3) is 0.120. The first-order valence-corrected chi connectivity index (χ1v) is 9.77. The van der Waals surface area contributed by atoms with Gasteiger partial charge in [-0.15, -0.1) is 0 Å². The highest BCUT2D eigenvalue weighted by Crippen LogP contribution is 2.35. The maximum atomic E-state index is 13.4. The van der Waals surface area contributed by atoms with Gasteiger partial charge in [0.1, 0.15) is 17.2 Å². The maximum absolute atomic E-state index is 13.4. The topological polar surface area (TPSA) is 67.9 Å². The number of nitrogens with zero attached hydrogens (tertiary/aromatic N) is 1. The van der Waals surface area contributed by atoms with Crippen molar-refractivity contribution in [1.29, 1.82) is 0 Å². The number of hydrogen-bond donors (Lipinski definition) is 1. The van der Waals surface area contributed by atoms with Crippen molar-refractivity contribution in [2.24, 2.45) is 0 Å². The lowest BCUT2D eigenvalue weighted by molar-refractivity contribution is -0.120. The van der Waals surface area contributed by atoms with Gasteiger partial charge >= 0.3 is 0 Å². The molecule has 6 nitrogen and oxygen atoms in total. The van der Waals surface area contributed by atoms with E-state index in [0.29, 0.717) is 28.3 Å². The van der Waals surface area contributed by atoms with E-state index in [1.165, 1.54) is 4.90 Å². The third-order valence-electron chi connectivity index (χ3n) is 5.11. The number of rotatable bonds is 6. The van der Waals surface area contributed by atoms with Crippen LogP contribution in [0.15, 0.2) is 78.5 Å². The molecular formula is C25H22N2O4. The highest BCUT2D eigenvalue weighted by atomic mass is 16.5. The molecule has 6 heteroatoms. The standard InChI is InChI=1S/C25H22N2O4/c1-16-4-8-18(9-5-16)26-23-22(17-6-12-20(30-2)13-7-17)24(28)27(25(23)29)19-10-14-21(31-3)15-11-19/h4-15,26H,1-3H3. The van der Waals surface area contributed by atoms with Crippen molar-refractivity contribution in [2.75, 3.05) is 24.4 Å². The number of amides is 2. The Bertz CT molecular complexity index is 1150. The summed E-state index contributed by atoms with van der Waals surface area (Å²) in [6, 6.07) is 21.5. The average Bonchev–Trinajstić information content (AvgIpc) is 3.04. The van der Waals surface area contributed by atoms with E-state index in [2.05, 4.69) is 5.32 Å². The lowest BCUT2D eigenvalue weighted by Crippen LogP contribution is -2.32. The highest BCUT2D eigenvalue weighted by molar-refractivity contribution is 6.46. The summed E-state index contributed by atoms with van der Waals surface area (Å²) in [4.78, 5) is 28.0. The summed E-state index contributed by atoms with van der Waals surface area (Å²) in [5, 5.41) is 3.16. The van der Waals surface area contributed by atoms with Gasteiger partial charge in [-0.1, -0.05) is 29.8 Å². The molecule has 3 aromatic carbocycles. The van der Waals surface area contributed by atoms with Crippen LogP contribution in [0, 0.1) is 6.92 Å². The SMILES string of the molecule is COc1ccc(C2=C(Nc3ccc(C)cc3)C(=O)N(c3ccc(OC)cc3)C2=O)cc1. The number of imide groups is 1. The Kier molecular flexibility index (Phi) is 5.45. The molecule has 156 valence electrons. The molecule has 0 bridgehead atoms. The summed E-state index contributed by atoms with van der Waals surface area (Å²) in [7, 11) is 3.14. The van der Waals surface area contributed by atoms with Gasteiger partial charge in [-0.25, -0.2) is 4.90 Å². The van der Waals surface area contributed by atoms with E-state index in [-0.39, 0.29) is 5.70 Å². The van der Waals surface area contributed by atoms with Gasteiger partial charge in [0.2, 0.25) is 0 Å². The minimum Gasteiger partial charge on any atom is -0.497 e. The van der Waals surface area contributed by atoms with Crippen molar-refractivity contribution in [3.05, 3.63) is 89.6 Å². The van der Waals surface area contributed by atoms with E-state index in [0.717, 1.165) is 11.3 Å². The van der Waals surface area contributed by atoms with Gasteiger partial charge in [-0.2, -0.15) is 0 Å². The van der Waals surface area contributed by atoms with Gasteiger partial charge in [0.05, 0.1) is 25.5 Å². The maximum Gasteiger partial charge on any atom is 0.282 e. The van der Waals surface area contributed by atoms with Crippen LogP contribution in [0.5, 0.6) is 11.5 Å². The molecule has 0 aliphatic carbocycles. The Morgan fingerprint density at radius 2 is 1.26 bits per heavy atom. The van der Waals surface area contributed by atoms with Crippen LogP contribution in [0.25, 0.3) is 5.57 Å². The number of aryl methyl sites for hydroxylation is 1. The second-order valence-corrected chi connectivity index (χ2v) is 7.11. The molecule has 1 aliphatic rings. The molecule has 2 amide bonds. The van der Waals surface area contributed by atoms with Crippen LogP contribution in [-0.2, 0) is 9.59 Å². The number of carbonyl (C=O) groups is 2. The Balaban J connectivity index is 1.78. The van der Waals surface area contributed by atoms with E-state index in [1.54, 1.807) is 62.8 Å². The van der Waals surface area contributed by atoms with E-state index in [1.807, 2.05) is 31.2 Å². The fourth-order valence-corrected chi connectivity index (χ4v) is 3.42. The van der Waals surface area contributed by atoms with Gasteiger partial charge in [0.15, 0.2) is 0 Å². The van der Waals surface area contributed by atoms with Crippen LogP contribution < -0.4 is 19.7 Å². The molecular weight excluding hydrogens is 392 g/mol. The molecule has 0 radical (unpaired) electrons. The molecule has 0 aromatic heterocycles. The number of methoxy groups -OCH3 is 2. The second-order valence-electron chi connectivity index (χ2n) is 7.11. The smallest absolute Gasteiger partial charge is 0.282 e. The van der Waals surface area contributed by atoms with E-state index >= 15 is 0 Å². The van der Waals surface area contributed by atoms with Crippen molar-refractivity contribution in [3.63, 3.8) is 0 Å². The predicted molar refractivity (Wildman–Crippen MR) is 120 cm³/mol. The van der Waals surface area contributed by atoms with Crippen LogP contribution in [-0.4, -0.2) is 26.0 Å². The van der Waals surface area contributed by atoms with Gasteiger partial charge in [0.25, 0.3) is 11.8 Å². The molecule has 3 aromatic rings. The molecule has 1 heterocycles. The van der Waals surface area contributed by atoms with Crippen molar-refractivity contribution >= 4 is 28.8 Å². The lowest BCUT2D eigenvalue weighted by atomic mass is 10.0. The second kappa shape index (κ2) is 8.36. The number of nitrogens with one attached hydrogen (secondary N) is 1. The molecule has 1 aliphatic heterocycles. The van der Waals surface area contributed by atoms with Gasteiger partial charge in [0, 0.05) is 5.69 Å². The molecule has 4 rings (SSSR count). The first kappa shape index (κ1) is 20.2. The zero-order valence-corrected chi connectivity index (χ0v) is 17.5. The first-order valence-electron chi connectivity index (χ1n) is 9.77. The molecule has 0 saturated heterocycles. The van der Waals surface area contributed by atoms with Crippen molar-refractivity contribution in [2.45, 2.75) is 6.92 Å². The van der Waals surface area contributed by atoms with Crippen LogP contribution in [0.3, 0.4) is 0 Å². The fourth-order valence-electron chi connectivity index (χ4n) is 3.42. The molecule has 31 heavy (non-hydrogen) atoms. The van der Waals surface area contributed by atoms with Crippen molar-refractivity contribution < 1.29 is 19.1 Å². The Hall–Kier alpha value is -4.06. The highest BCUT2D eigenvalue weighted by Gasteiger charge is 2.40. The third-order valence-corrected chi connectivity index (χ3v) is 5.11. The molecule has 0 atom stereocenters. The Labute approximate surface area is 180 Å². The minimum atomic E-state index is -0.415.